The van der Waals surface area contributed by atoms with Crippen LogP contribution in [0.1, 0.15) is 11.3 Å². The van der Waals surface area contributed by atoms with E-state index in [0.717, 1.165) is 16.8 Å². The predicted octanol–water partition coefficient (Wildman–Crippen LogP) is 5.42. The van der Waals surface area contributed by atoms with Crippen molar-refractivity contribution < 1.29 is 27.8 Å². The third-order valence-electron chi connectivity index (χ3n) is 5.34. The molecular weight excluding hydrogens is 447 g/mol. The van der Waals surface area contributed by atoms with Crippen molar-refractivity contribution in [1.29, 1.82) is 0 Å². The first-order chi connectivity index (χ1) is 15.1. The van der Waals surface area contributed by atoms with E-state index < -0.39 is 12.5 Å². The molecule has 32 heavy (non-hydrogen) atoms. The van der Waals surface area contributed by atoms with Crippen LogP contribution in [0.5, 0.6) is 5.75 Å². The van der Waals surface area contributed by atoms with E-state index >= 15 is 0 Å². The first-order valence-electron chi connectivity index (χ1n) is 9.78. The molecule has 0 fully saturated rings. The average Bonchev–Trinajstić information content (AvgIpc) is 3.25. The molecule has 0 aliphatic heterocycles. The van der Waals surface area contributed by atoms with Gasteiger partial charge in [-0.3, -0.25) is 0 Å². The fourth-order valence-electron chi connectivity index (χ4n) is 4.02. The number of amides is 1. The highest BCUT2D eigenvalue weighted by Crippen LogP contribution is 2.39. The summed E-state index contributed by atoms with van der Waals surface area (Å²) >= 11 is 6.03. The maximum absolute atomic E-state index is 13.0. The normalized spacial score (nSPS) is 15.5. The lowest BCUT2D eigenvalue weighted by Crippen LogP contribution is -2.30. The summed E-state index contributed by atoms with van der Waals surface area (Å²) in [6.07, 6.45) is -4.80. The quantitative estimate of drug-likeness (QED) is 0.546. The van der Waals surface area contributed by atoms with Gasteiger partial charge in [0.2, 0.25) is 0 Å². The first kappa shape index (κ1) is 22.0. The van der Waals surface area contributed by atoms with E-state index in [9.17, 15) is 23.1 Å². The van der Waals surface area contributed by atoms with Gasteiger partial charge in [0, 0.05) is 29.7 Å². The molecule has 4 rings (SSSR count). The number of hydrogen-bond donors (Lipinski definition) is 1. The zero-order chi connectivity index (χ0) is 23.0. The van der Waals surface area contributed by atoms with Crippen LogP contribution in [0, 0.1) is 5.92 Å². The van der Waals surface area contributed by atoms with Gasteiger partial charge in [0.05, 0.1) is 11.4 Å². The number of carboxylic acid groups (broad SMARTS) is 1. The molecule has 0 radical (unpaired) electrons. The van der Waals surface area contributed by atoms with Crippen LogP contribution in [-0.4, -0.2) is 45.8 Å². The minimum atomic E-state index is -4.85. The standard InChI is InChI=1S/C22H19ClF3N3O3/c1-28(21(30)31)12-13-10-16-17(11-13)27-29(20(16)14-6-8-15(23)9-7-14)18-4-2-3-5-19(18)32-22(24,25)26/h2-9,13H,10-12H2,1H3,(H,30,31). The topological polar surface area (TPSA) is 67.6 Å². The lowest BCUT2D eigenvalue weighted by molar-refractivity contribution is -0.274. The molecule has 1 unspecified atom stereocenters. The lowest BCUT2D eigenvalue weighted by Gasteiger charge is -2.19. The third kappa shape index (κ3) is 4.52. The molecule has 0 saturated carbocycles. The Kier molecular flexibility index (Phi) is 5.77. The van der Waals surface area contributed by atoms with Gasteiger partial charge in [0.1, 0.15) is 5.69 Å². The van der Waals surface area contributed by atoms with Gasteiger partial charge in [0.25, 0.3) is 0 Å². The van der Waals surface area contributed by atoms with Crippen molar-refractivity contribution in [2.45, 2.75) is 19.2 Å². The van der Waals surface area contributed by atoms with Gasteiger partial charge in [-0.25, -0.2) is 9.48 Å². The average molecular weight is 466 g/mol. The van der Waals surface area contributed by atoms with Gasteiger partial charge < -0.3 is 14.7 Å². The predicted molar refractivity (Wildman–Crippen MR) is 112 cm³/mol. The first-order valence-corrected chi connectivity index (χ1v) is 10.2. The zero-order valence-corrected chi connectivity index (χ0v) is 17.7. The number of para-hydroxylation sites is 2. The Morgan fingerprint density at radius 2 is 1.91 bits per heavy atom. The second kappa shape index (κ2) is 8.38. The van der Waals surface area contributed by atoms with Crippen molar-refractivity contribution in [3.05, 3.63) is 64.8 Å². The molecule has 3 aromatic rings. The third-order valence-corrected chi connectivity index (χ3v) is 5.59. The summed E-state index contributed by atoms with van der Waals surface area (Å²) < 4.78 is 44.7. The molecule has 168 valence electrons. The number of hydrogen-bond acceptors (Lipinski definition) is 3. The molecule has 1 aromatic heterocycles. The highest BCUT2D eigenvalue weighted by molar-refractivity contribution is 6.30. The molecule has 0 spiro atoms. The monoisotopic (exact) mass is 465 g/mol. The van der Waals surface area contributed by atoms with E-state index in [4.69, 9.17) is 11.6 Å². The van der Waals surface area contributed by atoms with Gasteiger partial charge in [-0.1, -0.05) is 35.9 Å². The van der Waals surface area contributed by atoms with Gasteiger partial charge >= 0.3 is 12.5 Å². The molecule has 1 N–H and O–H groups in total. The van der Waals surface area contributed by atoms with E-state index in [1.54, 1.807) is 30.3 Å². The molecular formula is C22H19ClF3N3O3. The molecule has 6 nitrogen and oxygen atoms in total. The molecule has 10 heteroatoms. The van der Waals surface area contributed by atoms with Crippen LogP contribution >= 0.6 is 11.6 Å². The minimum absolute atomic E-state index is 0.0240. The molecule has 1 aliphatic carbocycles. The summed E-state index contributed by atoms with van der Waals surface area (Å²) in [6, 6.07) is 12.8. The number of alkyl halides is 3. The van der Waals surface area contributed by atoms with Gasteiger partial charge in [-0.15, -0.1) is 13.2 Å². The molecule has 1 amide bonds. The molecule has 2 aromatic carbocycles. The van der Waals surface area contributed by atoms with Crippen molar-refractivity contribution in [2.24, 2.45) is 5.92 Å². The maximum atomic E-state index is 13.0. The van der Waals surface area contributed by atoms with Gasteiger partial charge in [0.15, 0.2) is 5.75 Å². The Labute approximate surface area is 186 Å². The van der Waals surface area contributed by atoms with Crippen molar-refractivity contribution in [3.8, 4) is 22.7 Å². The molecule has 0 saturated heterocycles. The van der Waals surface area contributed by atoms with Crippen LogP contribution in [0.2, 0.25) is 5.02 Å². The van der Waals surface area contributed by atoms with Gasteiger partial charge in [-0.05, 0) is 43.0 Å². The number of halogens is 4. The zero-order valence-electron chi connectivity index (χ0n) is 16.9. The van der Waals surface area contributed by atoms with E-state index in [1.165, 1.54) is 34.8 Å². The van der Waals surface area contributed by atoms with Crippen molar-refractivity contribution in [3.63, 3.8) is 0 Å². The molecule has 1 heterocycles. The Hall–Kier alpha value is -3.20. The number of fused-ring (bicyclic) bond motifs is 1. The number of benzene rings is 2. The lowest BCUT2D eigenvalue weighted by atomic mass is 10.0. The number of aromatic nitrogens is 2. The summed E-state index contributed by atoms with van der Waals surface area (Å²) in [5.41, 5.74) is 3.12. The summed E-state index contributed by atoms with van der Waals surface area (Å²) in [5, 5.41) is 14.3. The second-order valence-corrected chi connectivity index (χ2v) is 8.08. The fraction of sp³-hybridized carbons (Fsp3) is 0.273. The number of rotatable bonds is 5. The Morgan fingerprint density at radius 3 is 2.56 bits per heavy atom. The van der Waals surface area contributed by atoms with E-state index in [1.807, 2.05) is 0 Å². The van der Waals surface area contributed by atoms with E-state index in [2.05, 4.69) is 9.84 Å². The SMILES string of the molecule is CN(CC1Cc2nn(-c3ccccc3OC(F)(F)F)c(-c3ccc(Cl)cc3)c2C1)C(=O)O. The Balaban J connectivity index is 1.80. The van der Waals surface area contributed by atoms with Crippen LogP contribution in [0.25, 0.3) is 16.9 Å². The molecule has 1 aliphatic rings. The van der Waals surface area contributed by atoms with Crippen LogP contribution in [0.15, 0.2) is 48.5 Å². The number of nitrogens with zero attached hydrogens (tertiary/aromatic N) is 3. The van der Waals surface area contributed by atoms with Crippen molar-refractivity contribution >= 4 is 17.7 Å². The minimum Gasteiger partial charge on any atom is -0.465 e. The highest BCUT2D eigenvalue weighted by atomic mass is 35.5. The highest BCUT2D eigenvalue weighted by Gasteiger charge is 2.35. The summed E-state index contributed by atoms with van der Waals surface area (Å²) in [5.74, 6) is -0.338. The summed E-state index contributed by atoms with van der Waals surface area (Å²) in [7, 11) is 1.50. The van der Waals surface area contributed by atoms with Crippen LogP contribution < -0.4 is 4.74 Å². The van der Waals surface area contributed by atoms with Gasteiger partial charge in [-0.2, -0.15) is 5.10 Å². The largest absolute Gasteiger partial charge is 0.573 e. The fourth-order valence-corrected chi connectivity index (χ4v) is 4.15. The Morgan fingerprint density at radius 1 is 1.22 bits per heavy atom. The smallest absolute Gasteiger partial charge is 0.465 e. The number of ether oxygens (including phenoxy) is 1. The van der Waals surface area contributed by atoms with Crippen LogP contribution in [-0.2, 0) is 12.8 Å². The maximum Gasteiger partial charge on any atom is 0.573 e. The van der Waals surface area contributed by atoms with Crippen LogP contribution in [0.3, 0.4) is 0 Å². The van der Waals surface area contributed by atoms with Crippen molar-refractivity contribution in [2.75, 3.05) is 13.6 Å². The molecule has 0 bridgehead atoms. The number of carbonyl (C=O) groups is 1. The van der Waals surface area contributed by atoms with E-state index in [-0.39, 0.29) is 17.4 Å². The summed E-state index contributed by atoms with van der Waals surface area (Å²) in [6.45, 7) is 0.333. The molecule has 1 atom stereocenters. The van der Waals surface area contributed by atoms with E-state index in [0.29, 0.717) is 30.1 Å². The van der Waals surface area contributed by atoms with Crippen LogP contribution in [0.4, 0.5) is 18.0 Å². The second-order valence-electron chi connectivity index (χ2n) is 7.65. The Bertz CT molecular complexity index is 1150. The summed E-state index contributed by atoms with van der Waals surface area (Å²) in [4.78, 5) is 12.4. The van der Waals surface area contributed by atoms with Crippen molar-refractivity contribution in [1.82, 2.24) is 14.7 Å².